The first-order valence-corrected chi connectivity index (χ1v) is 6.90. The molecule has 1 heterocycles. The zero-order valence-electron chi connectivity index (χ0n) is 10.5. The van der Waals surface area contributed by atoms with E-state index < -0.39 is 5.91 Å². The summed E-state index contributed by atoms with van der Waals surface area (Å²) in [5.74, 6) is -0.456. The van der Waals surface area contributed by atoms with Gasteiger partial charge in [0.2, 0.25) is 11.8 Å². The van der Waals surface area contributed by atoms with Crippen molar-refractivity contribution in [1.29, 1.82) is 0 Å². The second kappa shape index (κ2) is 5.44. The minimum Gasteiger partial charge on any atom is -0.368 e. The van der Waals surface area contributed by atoms with E-state index in [-0.39, 0.29) is 24.0 Å². The number of nitrogens with zero attached hydrogens (tertiary/aromatic N) is 1. The third kappa shape index (κ3) is 2.78. The number of anilines is 1. The van der Waals surface area contributed by atoms with Crippen LogP contribution >= 0.6 is 11.8 Å². The molecule has 2 rings (SSSR count). The Morgan fingerprint density at radius 1 is 1.42 bits per heavy atom. The molecule has 0 bridgehead atoms. The predicted molar refractivity (Wildman–Crippen MR) is 73.3 cm³/mol. The molecule has 0 unspecified atom stereocenters. The van der Waals surface area contributed by atoms with E-state index in [1.807, 2.05) is 6.07 Å². The second-order valence-corrected chi connectivity index (χ2v) is 5.21. The fourth-order valence-electron chi connectivity index (χ4n) is 1.91. The summed E-state index contributed by atoms with van der Waals surface area (Å²) in [6.45, 7) is 1.62. The molecule has 0 atom stereocenters. The average Bonchev–Trinajstić information content (AvgIpc) is 2.40. The molecule has 1 aliphatic heterocycles. The first kappa shape index (κ1) is 13.6. The average molecular weight is 278 g/mol. The number of benzene rings is 1. The van der Waals surface area contributed by atoms with Crippen molar-refractivity contribution in [2.24, 2.45) is 5.73 Å². The van der Waals surface area contributed by atoms with Crippen molar-refractivity contribution in [1.82, 2.24) is 0 Å². The molecule has 0 spiro atoms. The molecule has 0 fully saturated rings. The van der Waals surface area contributed by atoms with Crippen LogP contribution in [0, 0.1) is 0 Å². The van der Waals surface area contributed by atoms with Crippen molar-refractivity contribution in [3.8, 4) is 0 Å². The summed E-state index contributed by atoms with van der Waals surface area (Å²) in [4.78, 5) is 36.8. The Morgan fingerprint density at radius 3 is 2.79 bits per heavy atom. The molecule has 0 saturated carbocycles. The van der Waals surface area contributed by atoms with Gasteiger partial charge in [-0.05, 0) is 12.1 Å². The van der Waals surface area contributed by atoms with Crippen LogP contribution in [0.5, 0.6) is 0 Å². The van der Waals surface area contributed by atoms with Gasteiger partial charge < -0.3 is 10.6 Å². The summed E-state index contributed by atoms with van der Waals surface area (Å²) in [5.41, 5.74) is 6.30. The van der Waals surface area contributed by atoms with Crippen molar-refractivity contribution in [2.45, 2.75) is 18.2 Å². The van der Waals surface area contributed by atoms with E-state index in [1.165, 1.54) is 16.7 Å². The molecule has 0 radical (unpaired) electrons. The lowest BCUT2D eigenvalue weighted by Gasteiger charge is -2.28. The van der Waals surface area contributed by atoms with Crippen LogP contribution in [0.1, 0.15) is 23.7 Å². The van der Waals surface area contributed by atoms with Gasteiger partial charge in [-0.2, -0.15) is 0 Å². The number of thioether (sulfide) groups is 1. The smallest absolute Gasteiger partial charge is 0.237 e. The number of rotatable bonds is 4. The molecule has 1 aromatic rings. The van der Waals surface area contributed by atoms with E-state index in [1.54, 1.807) is 19.1 Å². The van der Waals surface area contributed by atoms with Crippen LogP contribution in [0.3, 0.4) is 0 Å². The summed E-state index contributed by atoms with van der Waals surface area (Å²) in [7, 11) is 0. The first-order valence-electron chi connectivity index (χ1n) is 5.91. The van der Waals surface area contributed by atoms with Gasteiger partial charge in [-0.1, -0.05) is 13.0 Å². The Bertz CT molecular complexity index is 557. The van der Waals surface area contributed by atoms with Gasteiger partial charge in [-0.25, -0.2) is 0 Å². The van der Waals surface area contributed by atoms with Gasteiger partial charge >= 0.3 is 0 Å². The maximum atomic E-state index is 11.9. The summed E-state index contributed by atoms with van der Waals surface area (Å²) in [5, 5.41) is 0. The van der Waals surface area contributed by atoms with Gasteiger partial charge in [0.25, 0.3) is 0 Å². The molecular formula is C13H14N2O3S. The van der Waals surface area contributed by atoms with Crippen LogP contribution in [-0.2, 0) is 9.59 Å². The van der Waals surface area contributed by atoms with Crippen LogP contribution in [0.4, 0.5) is 5.69 Å². The molecule has 19 heavy (non-hydrogen) atoms. The number of carbonyl (C=O) groups is 3. The fraction of sp³-hybridized carbons (Fsp3) is 0.308. The maximum absolute atomic E-state index is 11.9. The number of amides is 2. The Balaban J connectivity index is 2.43. The number of nitrogens with two attached hydrogens (primary N) is 1. The Labute approximate surface area is 115 Å². The Morgan fingerprint density at radius 2 is 2.16 bits per heavy atom. The Hall–Kier alpha value is -1.82. The normalized spacial score (nSPS) is 14.2. The van der Waals surface area contributed by atoms with Gasteiger partial charge in [-0.15, -0.1) is 11.8 Å². The number of hydrogen-bond acceptors (Lipinski definition) is 4. The fourth-order valence-corrected chi connectivity index (χ4v) is 2.82. The van der Waals surface area contributed by atoms with Gasteiger partial charge in [0.15, 0.2) is 5.78 Å². The molecular weight excluding hydrogens is 264 g/mol. The van der Waals surface area contributed by atoms with Gasteiger partial charge in [0.05, 0.1) is 11.4 Å². The standard InChI is InChI=1S/C13H14N2O3S/c1-2-10(16)8-3-4-11-9(5-8)15(6-12(14)17)13(18)7-19-11/h3-5H,2,6-7H2,1H3,(H2,14,17). The van der Waals surface area contributed by atoms with E-state index in [2.05, 4.69) is 0 Å². The summed E-state index contributed by atoms with van der Waals surface area (Å²) >= 11 is 1.40. The molecule has 5 nitrogen and oxygen atoms in total. The molecule has 1 aliphatic rings. The number of Topliss-reactive ketones (excluding diaryl/α,β-unsaturated/α-hetero) is 1. The molecule has 2 N–H and O–H groups in total. The van der Waals surface area contributed by atoms with Crippen molar-refractivity contribution in [3.63, 3.8) is 0 Å². The lowest BCUT2D eigenvalue weighted by molar-refractivity contribution is -0.121. The van der Waals surface area contributed by atoms with E-state index in [0.29, 0.717) is 17.7 Å². The quantitative estimate of drug-likeness (QED) is 0.839. The third-order valence-corrected chi connectivity index (χ3v) is 3.91. The number of hydrogen-bond donors (Lipinski definition) is 1. The van der Waals surface area contributed by atoms with Crippen molar-refractivity contribution in [2.75, 3.05) is 17.2 Å². The number of primary amides is 1. The summed E-state index contributed by atoms with van der Waals surface area (Å²) in [6, 6.07) is 5.22. The highest BCUT2D eigenvalue weighted by molar-refractivity contribution is 8.00. The van der Waals surface area contributed by atoms with Crippen LogP contribution < -0.4 is 10.6 Å². The molecule has 0 aliphatic carbocycles. The predicted octanol–water partition coefficient (Wildman–Crippen LogP) is 1.20. The zero-order chi connectivity index (χ0) is 14.0. The highest BCUT2D eigenvalue weighted by Gasteiger charge is 2.26. The zero-order valence-corrected chi connectivity index (χ0v) is 11.3. The summed E-state index contributed by atoms with van der Waals surface area (Å²) < 4.78 is 0. The van der Waals surface area contributed by atoms with Crippen molar-refractivity contribution < 1.29 is 14.4 Å². The number of fused-ring (bicyclic) bond motifs is 1. The third-order valence-electron chi connectivity index (χ3n) is 2.86. The van der Waals surface area contributed by atoms with Crippen molar-refractivity contribution >= 4 is 35.0 Å². The largest absolute Gasteiger partial charge is 0.368 e. The van der Waals surface area contributed by atoms with Gasteiger partial charge in [0, 0.05) is 16.9 Å². The van der Waals surface area contributed by atoms with Crippen LogP contribution in [-0.4, -0.2) is 29.9 Å². The topological polar surface area (TPSA) is 80.5 Å². The highest BCUT2D eigenvalue weighted by Crippen LogP contribution is 2.36. The Kier molecular flexibility index (Phi) is 3.90. The molecule has 100 valence electrons. The number of carbonyl (C=O) groups excluding carboxylic acids is 3. The van der Waals surface area contributed by atoms with Crippen LogP contribution in [0.25, 0.3) is 0 Å². The van der Waals surface area contributed by atoms with E-state index in [0.717, 1.165) is 4.90 Å². The highest BCUT2D eigenvalue weighted by atomic mass is 32.2. The van der Waals surface area contributed by atoms with Crippen molar-refractivity contribution in [3.05, 3.63) is 23.8 Å². The molecule has 0 saturated heterocycles. The number of ketones is 1. The van der Waals surface area contributed by atoms with E-state index in [9.17, 15) is 14.4 Å². The molecule has 1 aromatic carbocycles. The monoisotopic (exact) mass is 278 g/mol. The first-order chi connectivity index (χ1) is 9.02. The SMILES string of the molecule is CCC(=O)c1ccc2c(c1)N(CC(N)=O)C(=O)CS2. The summed E-state index contributed by atoms with van der Waals surface area (Å²) in [6.07, 6.45) is 0.399. The van der Waals surface area contributed by atoms with E-state index in [4.69, 9.17) is 5.73 Å². The molecule has 0 aromatic heterocycles. The molecule has 2 amide bonds. The van der Waals surface area contributed by atoms with Gasteiger partial charge in [0.1, 0.15) is 6.54 Å². The maximum Gasteiger partial charge on any atom is 0.237 e. The minimum atomic E-state index is -0.571. The lowest BCUT2D eigenvalue weighted by atomic mass is 10.1. The molecule has 6 heteroatoms. The lowest BCUT2D eigenvalue weighted by Crippen LogP contribution is -2.41. The minimum absolute atomic E-state index is 0.00449. The van der Waals surface area contributed by atoms with Crippen LogP contribution in [0.2, 0.25) is 0 Å². The second-order valence-electron chi connectivity index (χ2n) is 4.19. The van der Waals surface area contributed by atoms with E-state index >= 15 is 0 Å². The van der Waals surface area contributed by atoms with Crippen LogP contribution in [0.15, 0.2) is 23.1 Å². The van der Waals surface area contributed by atoms with Gasteiger partial charge in [-0.3, -0.25) is 14.4 Å².